The number of rotatable bonds is 6. The molecule has 2 rings (SSSR count). The fourth-order valence-corrected chi connectivity index (χ4v) is 2.27. The zero-order valence-corrected chi connectivity index (χ0v) is 14.6. The van der Waals surface area contributed by atoms with Crippen LogP contribution in [0.4, 0.5) is 11.4 Å². The van der Waals surface area contributed by atoms with Crippen LogP contribution in [0.25, 0.3) is 0 Å². The molecule has 8 heteroatoms. The number of hydrogen-bond donors (Lipinski definition) is 3. The average Bonchev–Trinajstić information content (AvgIpc) is 2.61. The van der Waals surface area contributed by atoms with E-state index < -0.39 is 23.9 Å². The van der Waals surface area contributed by atoms with Crippen LogP contribution in [0.2, 0.25) is 5.02 Å². The van der Waals surface area contributed by atoms with Crippen molar-refractivity contribution >= 4 is 40.8 Å². The molecule has 0 fully saturated rings. The van der Waals surface area contributed by atoms with Crippen LogP contribution in [-0.4, -0.2) is 29.1 Å². The summed E-state index contributed by atoms with van der Waals surface area (Å²) in [5.41, 5.74) is 6.42. The van der Waals surface area contributed by atoms with E-state index in [4.69, 9.17) is 27.2 Å². The first-order valence-corrected chi connectivity index (χ1v) is 8.09. The predicted molar refractivity (Wildman–Crippen MR) is 97.4 cm³/mol. The van der Waals surface area contributed by atoms with Crippen molar-refractivity contribution in [2.75, 3.05) is 11.1 Å². The highest BCUT2D eigenvalue weighted by Crippen LogP contribution is 2.24. The first-order valence-electron chi connectivity index (χ1n) is 7.72. The van der Waals surface area contributed by atoms with Gasteiger partial charge in [0.05, 0.1) is 21.8 Å². The molecule has 4 N–H and O–H groups in total. The topological polar surface area (TPSA) is 119 Å². The van der Waals surface area contributed by atoms with Crippen molar-refractivity contribution in [2.45, 2.75) is 19.4 Å². The van der Waals surface area contributed by atoms with Gasteiger partial charge >= 0.3 is 11.9 Å². The molecule has 1 unspecified atom stereocenters. The third-order valence-corrected chi connectivity index (χ3v) is 3.86. The number of amides is 1. The number of hydrogen-bond acceptors (Lipinski definition) is 5. The van der Waals surface area contributed by atoms with Crippen LogP contribution in [0.5, 0.6) is 0 Å². The first-order chi connectivity index (χ1) is 12.3. The van der Waals surface area contributed by atoms with Gasteiger partial charge in [-0.2, -0.15) is 0 Å². The number of halogens is 1. The second-order valence-corrected chi connectivity index (χ2v) is 5.82. The van der Waals surface area contributed by atoms with Crippen molar-refractivity contribution in [3.05, 3.63) is 58.6 Å². The highest BCUT2D eigenvalue weighted by Gasteiger charge is 2.23. The number of nitrogens with two attached hydrogens (primary N) is 1. The van der Waals surface area contributed by atoms with Crippen LogP contribution in [0.15, 0.2) is 42.5 Å². The zero-order valence-electron chi connectivity index (χ0n) is 13.9. The van der Waals surface area contributed by atoms with Gasteiger partial charge in [0.25, 0.3) is 5.91 Å². The molecule has 0 spiro atoms. The summed E-state index contributed by atoms with van der Waals surface area (Å²) in [6, 6.07) is 10.0. The third kappa shape index (κ3) is 4.73. The number of nitrogens with one attached hydrogen (secondary N) is 1. The molecule has 0 aliphatic rings. The summed E-state index contributed by atoms with van der Waals surface area (Å²) in [6.45, 7) is 1.68. The van der Waals surface area contributed by atoms with Crippen LogP contribution in [-0.2, 0) is 9.53 Å². The van der Waals surface area contributed by atoms with E-state index in [1.165, 1.54) is 30.3 Å². The molecular formula is C18H17ClN2O5. The quantitative estimate of drug-likeness (QED) is 0.526. The fourth-order valence-electron chi connectivity index (χ4n) is 2.11. The Hall–Kier alpha value is -3.06. The van der Waals surface area contributed by atoms with E-state index in [-0.39, 0.29) is 28.3 Å². The van der Waals surface area contributed by atoms with E-state index in [1.54, 1.807) is 19.1 Å². The van der Waals surface area contributed by atoms with Crippen molar-refractivity contribution < 1.29 is 24.2 Å². The van der Waals surface area contributed by atoms with E-state index in [2.05, 4.69) is 5.32 Å². The van der Waals surface area contributed by atoms with Gasteiger partial charge in [-0.3, -0.25) is 4.79 Å². The second-order valence-electron chi connectivity index (χ2n) is 5.41. The van der Waals surface area contributed by atoms with E-state index >= 15 is 0 Å². The number of carbonyl (C=O) groups excluding carboxylic acids is 2. The van der Waals surface area contributed by atoms with Crippen molar-refractivity contribution in [2.24, 2.45) is 0 Å². The summed E-state index contributed by atoms with van der Waals surface area (Å²) in [6.07, 6.45) is -0.840. The molecule has 0 aliphatic carbocycles. The van der Waals surface area contributed by atoms with E-state index in [9.17, 15) is 14.4 Å². The Morgan fingerprint density at radius 3 is 2.35 bits per heavy atom. The molecule has 0 heterocycles. The van der Waals surface area contributed by atoms with Crippen molar-refractivity contribution in [1.29, 1.82) is 0 Å². The van der Waals surface area contributed by atoms with Crippen molar-refractivity contribution in [3.8, 4) is 0 Å². The number of carbonyl (C=O) groups is 3. The lowest BCUT2D eigenvalue weighted by atomic mass is 10.2. The minimum absolute atomic E-state index is 0.0309. The highest BCUT2D eigenvalue weighted by atomic mass is 35.5. The SMILES string of the molecule is CCC(OC(=O)c1ccc(N)cc1)C(=O)Nc1cc(C(=O)O)ccc1Cl. The van der Waals surface area contributed by atoms with Crippen LogP contribution < -0.4 is 11.1 Å². The molecule has 0 aliphatic heterocycles. The summed E-state index contributed by atoms with van der Waals surface area (Å²) in [7, 11) is 0. The maximum absolute atomic E-state index is 12.4. The Balaban J connectivity index is 2.11. The summed E-state index contributed by atoms with van der Waals surface area (Å²) >= 11 is 5.98. The molecule has 0 bridgehead atoms. The number of esters is 1. The van der Waals surface area contributed by atoms with Gasteiger partial charge in [-0.15, -0.1) is 0 Å². The van der Waals surface area contributed by atoms with Gasteiger partial charge in [-0.05, 0) is 48.9 Å². The number of anilines is 2. The minimum Gasteiger partial charge on any atom is -0.478 e. The summed E-state index contributed by atoms with van der Waals surface area (Å²) in [5.74, 6) is -2.43. The average molecular weight is 377 g/mol. The molecule has 2 aromatic rings. The smallest absolute Gasteiger partial charge is 0.338 e. The Kier molecular flexibility index (Phi) is 6.19. The molecule has 0 saturated heterocycles. The molecule has 1 atom stereocenters. The summed E-state index contributed by atoms with van der Waals surface area (Å²) < 4.78 is 5.23. The maximum Gasteiger partial charge on any atom is 0.338 e. The predicted octanol–water partition coefficient (Wildman–Crippen LogP) is 3.19. The number of ether oxygens (including phenoxy) is 1. The monoisotopic (exact) mass is 376 g/mol. The van der Waals surface area contributed by atoms with Gasteiger partial charge in [-0.1, -0.05) is 18.5 Å². The Bertz CT molecular complexity index is 836. The van der Waals surface area contributed by atoms with Crippen LogP contribution in [0.1, 0.15) is 34.1 Å². The van der Waals surface area contributed by atoms with E-state index in [0.717, 1.165) is 0 Å². The largest absolute Gasteiger partial charge is 0.478 e. The summed E-state index contributed by atoms with van der Waals surface area (Å²) in [4.78, 5) is 35.6. The molecule has 0 radical (unpaired) electrons. The lowest BCUT2D eigenvalue weighted by Gasteiger charge is -2.17. The zero-order chi connectivity index (χ0) is 19.3. The first kappa shape index (κ1) is 19.3. The molecule has 136 valence electrons. The Morgan fingerprint density at radius 1 is 1.15 bits per heavy atom. The normalized spacial score (nSPS) is 11.5. The van der Waals surface area contributed by atoms with Gasteiger partial charge in [0, 0.05) is 5.69 Å². The van der Waals surface area contributed by atoms with Crippen LogP contribution in [0, 0.1) is 0 Å². The van der Waals surface area contributed by atoms with E-state index in [0.29, 0.717) is 5.69 Å². The molecule has 1 amide bonds. The van der Waals surface area contributed by atoms with Gasteiger partial charge in [0.1, 0.15) is 0 Å². The second kappa shape index (κ2) is 8.35. The number of aromatic carboxylic acids is 1. The fraction of sp³-hybridized carbons (Fsp3) is 0.167. The Morgan fingerprint density at radius 2 is 1.77 bits per heavy atom. The number of carboxylic acids is 1. The van der Waals surface area contributed by atoms with Gasteiger partial charge in [0.15, 0.2) is 6.10 Å². The molecule has 2 aromatic carbocycles. The Labute approximate surface area is 154 Å². The standard InChI is InChI=1S/C18H17ClN2O5/c1-2-15(26-18(25)10-3-6-12(20)7-4-10)16(22)21-14-9-11(17(23)24)5-8-13(14)19/h3-9,15H,2,20H2,1H3,(H,21,22)(H,23,24). The number of benzene rings is 2. The van der Waals surface area contributed by atoms with Crippen LogP contribution in [0.3, 0.4) is 0 Å². The number of carboxylic acid groups (broad SMARTS) is 1. The van der Waals surface area contributed by atoms with Gasteiger partial charge in [-0.25, -0.2) is 9.59 Å². The molecular weight excluding hydrogens is 360 g/mol. The maximum atomic E-state index is 12.4. The number of nitrogen functional groups attached to an aromatic ring is 1. The minimum atomic E-state index is -1.15. The van der Waals surface area contributed by atoms with Crippen molar-refractivity contribution in [3.63, 3.8) is 0 Å². The van der Waals surface area contributed by atoms with Gasteiger partial charge < -0.3 is 20.9 Å². The molecule has 0 aromatic heterocycles. The highest BCUT2D eigenvalue weighted by molar-refractivity contribution is 6.34. The lowest BCUT2D eigenvalue weighted by molar-refractivity contribution is -0.124. The molecule has 0 saturated carbocycles. The summed E-state index contributed by atoms with van der Waals surface area (Å²) in [5, 5.41) is 11.7. The molecule has 7 nitrogen and oxygen atoms in total. The lowest BCUT2D eigenvalue weighted by Crippen LogP contribution is -2.32. The van der Waals surface area contributed by atoms with Crippen LogP contribution >= 0.6 is 11.6 Å². The van der Waals surface area contributed by atoms with E-state index in [1.807, 2.05) is 0 Å². The van der Waals surface area contributed by atoms with Crippen molar-refractivity contribution in [1.82, 2.24) is 0 Å². The third-order valence-electron chi connectivity index (χ3n) is 3.53. The van der Waals surface area contributed by atoms with Gasteiger partial charge in [0.2, 0.25) is 0 Å². The molecule has 26 heavy (non-hydrogen) atoms.